The Morgan fingerprint density at radius 3 is 2.16 bits per heavy atom. The molecule has 0 aliphatic carbocycles. The van der Waals surface area contributed by atoms with Gasteiger partial charge in [0, 0.05) is 0 Å². The molecule has 0 saturated heterocycles. The van der Waals surface area contributed by atoms with Crippen LogP contribution in [0, 0.1) is 7.14 Å². The minimum absolute atomic E-state index is 0.0983. The number of halogens is 4. The first-order chi connectivity index (χ1) is 14.4. The average molecular weight is 679 g/mol. The smallest absolute Gasteiger partial charge is 0.367 e. The fourth-order valence-corrected chi connectivity index (χ4v) is 4.41. The van der Waals surface area contributed by atoms with Crippen molar-refractivity contribution in [2.24, 2.45) is 0 Å². The number of hydrogen-bond acceptors (Lipinski definition) is 7. The van der Waals surface area contributed by atoms with Crippen LogP contribution in [0.4, 0.5) is 8.78 Å². The summed E-state index contributed by atoms with van der Waals surface area (Å²) in [7, 11) is -5.94. The second-order valence-corrected chi connectivity index (χ2v) is 9.74. The molecule has 168 valence electrons. The topological polar surface area (TPSA) is 102 Å². The Hall–Kier alpha value is -1.52. The molecule has 12 heteroatoms. The molecule has 31 heavy (non-hydrogen) atoms. The van der Waals surface area contributed by atoms with Gasteiger partial charge in [-0.25, -0.2) is 13.2 Å². The number of carbonyl (C=O) groups is 1. The molecule has 0 spiro atoms. The zero-order chi connectivity index (χ0) is 23.2. The van der Waals surface area contributed by atoms with Gasteiger partial charge in [0.1, 0.15) is 24.7 Å². The molecule has 2 aromatic carbocycles. The van der Waals surface area contributed by atoms with Crippen molar-refractivity contribution in [2.45, 2.75) is 5.25 Å². The van der Waals surface area contributed by atoms with E-state index in [2.05, 4.69) is 11.3 Å². The maximum atomic E-state index is 13.1. The van der Waals surface area contributed by atoms with Gasteiger partial charge in [-0.1, -0.05) is 24.8 Å². The summed E-state index contributed by atoms with van der Waals surface area (Å²) in [6, 6.07) is 9.97. The fraction of sp³-hybridized carbons (Fsp3) is 0.211. The minimum Gasteiger partial charge on any atom is -0.743 e. The van der Waals surface area contributed by atoms with Crippen LogP contribution in [0.2, 0.25) is 0 Å². The Balaban J connectivity index is 1.94. The SMILES string of the molecule is C=Cc1ccc(OCCOc2c(I)cc(C(=O)OCC(F)(F)S(=O)(=O)[O-])cc2I)cc1. The predicted molar refractivity (Wildman–Crippen MR) is 124 cm³/mol. The highest BCUT2D eigenvalue weighted by Crippen LogP contribution is 2.30. The van der Waals surface area contributed by atoms with Crippen LogP contribution in [-0.4, -0.2) is 44.0 Å². The van der Waals surface area contributed by atoms with Crippen LogP contribution in [0.5, 0.6) is 11.5 Å². The van der Waals surface area contributed by atoms with Gasteiger partial charge in [-0.15, -0.1) is 0 Å². The molecular formula is C19H15F2I2O7S-. The van der Waals surface area contributed by atoms with Crippen LogP contribution in [0.3, 0.4) is 0 Å². The number of hydrogen-bond donors (Lipinski definition) is 0. The highest BCUT2D eigenvalue weighted by atomic mass is 127. The minimum atomic E-state index is -5.94. The molecule has 0 N–H and O–H groups in total. The number of esters is 1. The molecule has 0 aliphatic rings. The molecule has 0 fully saturated rings. The lowest BCUT2D eigenvalue weighted by Gasteiger charge is -2.19. The van der Waals surface area contributed by atoms with E-state index in [0.717, 1.165) is 5.56 Å². The van der Waals surface area contributed by atoms with Gasteiger partial charge in [0.15, 0.2) is 16.7 Å². The number of rotatable bonds is 10. The lowest BCUT2D eigenvalue weighted by molar-refractivity contribution is -0.00998. The quantitative estimate of drug-likeness (QED) is 0.160. The number of alkyl halides is 2. The normalized spacial score (nSPS) is 11.6. The summed E-state index contributed by atoms with van der Waals surface area (Å²) in [6.45, 7) is 2.26. The Morgan fingerprint density at radius 2 is 1.65 bits per heavy atom. The number of benzene rings is 2. The van der Waals surface area contributed by atoms with Gasteiger partial charge in [-0.2, -0.15) is 8.78 Å². The van der Waals surface area contributed by atoms with Gasteiger partial charge in [-0.3, -0.25) is 0 Å². The summed E-state index contributed by atoms with van der Waals surface area (Å²) in [5.74, 6) is -0.0820. The molecule has 0 amide bonds. The summed E-state index contributed by atoms with van der Waals surface area (Å²) in [5, 5.41) is -4.71. The molecule has 0 unspecified atom stereocenters. The second-order valence-electron chi connectivity index (χ2n) is 5.91. The maximum Gasteiger partial charge on any atom is 0.367 e. The van der Waals surface area contributed by atoms with Crippen molar-refractivity contribution in [1.29, 1.82) is 0 Å². The summed E-state index contributed by atoms with van der Waals surface area (Å²) in [5.41, 5.74) is 0.864. The van der Waals surface area contributed by atoms with E-state index < -0.39 is 27.9 Å². The zero-order valence-electron chi connectivity index (χ0n) is 15.6. The lowest BCUT2D eigenvalue weighted by atomic mass is 10.2. The van der Waals surface area contributed by atoms with Crippen molar-refractivity contribution in [2.75, 3.05) is 19.8 Å². The third kappa shape index (κ3) is 7.25. The molecule has 0 radical (unpaired) electrons. The Bertz CT molecular complexity index is 1030. The molecule has 0 aromatic heterocycles. The first kappa shape index (κ1) is 25.7. The standard InChI is InChI=1S/C19H16F2I2O7S/c1-2-12-3-5-14(6-4-12)28-7-8-29-17-15(22)9-13(10-16(17)23)18(24)30-11-19(20,21)31(25,26)27/h2-6,9-10H,1,7-8,11H2,(H,25,26,27)/p-1. The molecule has 0 bridgehead atoms. The van der Waals surface area contributed by atoms with Gasteiger partial charge < -0.3 is 18.8 Å². The number of carbonyl (C=O) groups excluding carboxylic acids is 1. The van der Waals surface area contributed by atoms with Crippen LogP contribution < -0.4 is 9.47 Å². The van der Waals surface area contributed by atoms with E-state index in [9.17, 15) is 26.5 Å². The second kappa shape index (κ2) is 10.9. The summed E-state index contributed by atoms with van der Waals surface area (Å²) in [6.07, 6.45) is 1.72. The van der Waals surface area contributed by atoms with Crippen LogP contribution in [0.15, 0.2) is 43.0 Å². The Morgan fingerprint density at radius 1 is 1.10 bits per heavy atom. The van der Waals surface area contributed by atoms with Crippen LogP contribution in [-0.2, 0) is 14.9 Å². The molecule has 0 atom stereocenters. The van der Waals surface area contributed by atoms with Crippen LogP contribution >= 0.6 is 45.2 Å². The van der Waals surface area contributed by atoms with E-state index in [1.54, 1.807) is 18.2 Å². The van der Waals surface area contributed by atoms with Crippen molar-refractivity contribution in [3.8, 4) is 11.5 Å². The fourth-order valence-electron chi connectivity index (χ4n) is 2.12. The van der Waals surface area contributed by atoms with Crippen molar-refractivity contribution < 1.29 is 40.8 Å². The van der Waals surface area contributed by atoms with E-state index in [0.29, 0.717) is 18.6 Å². The summed E-state index contributed by atoms with van der Waals surface area (Å²) in [4.78, 5) is 12.0. The monoisotopic (exact) mass is 679 g/mol. The molecule has 0 saturated carbocycles. The van der Waals surface area contributed by atoms with E-state index >= 15 is 0 Å². The summed E-state index contributed by atoms with van der Waals surface area (Å²) >= 11 is 3.78. The predicted octanol–water partition coefficient (Wildman–Crippen LogP) is 4.29. The third-order valence-electron chi connectivity index (χ3n) is 3.69. The molecule has 7 nitrogen and oxygen atoms in total. The van der Waals surface area contributed by atoms with Crippen LogP contribution in [0.1, 0.15) is 15.9 Å². The van der Waals surface area contributed by atoms with Crippen molar-refractivity contribution >= 4 is 67.3 Å². The van der Waals surface area contributed by atoms with Crippen molar-refractivity contribution in [1.82, 2.24) is 0 Å². The van der Waals surface area contributed by atoms with E-state index in [1.807, 2.05) is 57.3 Å². The van der Waals surface area contributed by atoms with Gasteiger partial charge in [-0.05, 0) is 75.0 Å². The van der Waals surface area contributed by atoms with Crippen LogP contribution in [0.25, 0.3) is 6.08 Å². The van der Waals surface area contributed by atoms with Crippen molar-refractivity contribution in [3.05, 3.63) is 61.2 Å². The first-order valence-electron chi connectivity index (χ1n) is 8.42. The lowest BCUT2D eigenvalue weighted by Crippen LogP contribution is -2.34. The highest BCUT2D eigenvalue weighted by Gasteiger charge is 2.39. The zero-order valence-corrected chi connectivity index (χ0v) is 20.8. The largest absolute Gasteiger partial charge is 0.743 e. The van der Waals surface area contributed by atoms with Gasteiger partial charge in [0.2, 0.25) is 0 Å². The number of ether oxygens (including phenoxy) is 3. The first-order valence-corrected chi connectivity index (χ1v) is 12.0. The van der Waals surface area contributed by atoms with E-state index in [1.165, 1.54) is 12.1 Å². The van der Waals surface area contributed by atoms with Gasteiger partial charge in [0.25, 0.3) is 0 Å². The third-order valence-corrected chi connectivity index (χ3v) is 6.14. The Kier molecular flexibility index (Phi) is 9.03. The summed E-state index contributed by atoms with van der Waals surface area (Å²) < 4.78 is 74.2. The molecule has 2 rings (SSSR count). The van der Waals surface area contributed by atoms with E-state index in [4.69, 9.17) is 9.47 Å². The highest BCUT2D eigenvalue weighted by molar-refractivity contribution is 14.1. The Labute approximate surface area is 204 Å². The molecule has 2 aromatic rings. The molecule has 0 heterocycles. The molecular weight excluding hydrogens is 664 g/mol. The van der Waals surface area contributed by atoms with E-state index in [-0.39, 0.29) is 18.8 Å². The van der Waals surface area contributed by atoms with Crippen molar-refractivity contribution in [3.63, 3.8) is 0 Å². The van der Waals surface area contributed by atoms with Gasteiger partial charge in [0.05, 0.1) is 12.7 Å². The maximum absolute atomic E-state index is 13.1. The average Bonchev–Trinajstić information content (AvgIpc) is 2.70. The van der Waals surface area contributed by atoms with Gasteiger partial charge >= 0.3 is 11.2 Å². The molecule has 0 aliphatic heterocycles.